The van der Waals surface area contributed by atoms with Crippen LogP contribution < -0.4 is 10.6 Å². The molecule has 0 saturated carbocycles. The van der Waals surface area contributed by atoms with Gasteiger partial charge in [-0.05, 0) is 41.0 Å². The van der Waals surface area contributed by atoms with Gasteiger partial charge in [0.05, 0.1) is 6.26 Å². The van der Waals surface area contributed by atoms with Crippen LogP contribution in [0.5, 0.6) is 0 Å². The highest BCUT2D eigenvalue weighted by Crippen LogP contribution is 2.15. The summed E-state index contributed by atoms with van der Waals surface area (Å²) in [5.74, 6) is -0.0114. The lowest BCUT2D eigenvalue weighted by atomic mass is 10.1. The van der Waals surface area contributed by atoms with Crippen molar-refractivity contribution in [3.8, 4) is 0 Å². The molecule has 3 aromatic rings. The standard InChI is InChI=1S/C20H20N2O3/c23-19(8-3-11-21-20(24)18-7-4-12-25-18)22-14-15-9-10-16-5-1-2-6-17(16)13-15/h1-2,4-7,9-10,12-13H,3,8,11,14H2,(H,21,24)(H,22,23). The van der Waals surface area contributed by atoms with Gasteiger partial charge in [-0.2, -0.15) is 0 Å². The topological polar surface area (TPSA) is 71.3 Å². The van der Waals surface area contributed by atoms with Crippen molar-refractivity contribution < 1.29 is 14.0 Å². The van der Waals surface area contributed by atoms with Crippen LogP contribution in [0.4, 0.5) is 0 Å². The van der Waals surface area contributed by atoms with E-state index in [2.05, 4.69) is 34.9 Å². The largest absolute Gasteiger partial charge is 0.459 e. The number of amides is 2. The van der Waals surface area contributed by atoms with Crippen molar-refractivity contribution in [2.24, 2.45) is 0 Å². The molecule has 0 saturated heterocycles. The summed E-state index contributed by atoms with van der Waals surface area (Å²) in [6, 6.07) is 17.6. The van der Waals surface area contributed by atoms with Crippen LogP contribution in [-0.4, -0.2) is 18.4 Å². The van der Waals surface area contributed by atoms with E-state index in [1.807, 2.05) is 18.2 Å². The minimum Gasteiger partial charge on any atom is -0.459 e. The molecule has 0 fully saturated rings. The molecule has 1 aromatic heterocycles. The van der Waals surface area contributed by atoms with E-state index in [0.29, 0.717) is 25.9 Å². The predicted molar refractivity (Wildman–Crippen MR) is 96.1 cm³/mol. The number of fused-ring (bicyclic) bond motifs is 1. The third kappa shape index (κ3) is 4.70. The van der Waals surface area contributed by atoms with Gasteiger partial charge >= 0.3 is 0 Å². The summed E-state index contributed by atoms with van der Waals surface area (Å²) in [6.07, 6.45) is 2.40. The minimum absolute atomic E-state index is 0.0274. The summed E-state index contributed by atoms with van der Waals surface area (Å²) in [4.78, 5) is 23.6. The van der Waals surface area contributed by atoms with E-state index in [1.165, 1.54) is 11.6 Å². The molecule has 0 unspecified atom stereocenters. The molecular weight excluding hydrogens is 316 g/mol. The predicted octanol–water partition coefficient (Wildman–Crippen LogP) is 3.26. The van der Waals surface area contributed by atoms with E-state index in [-0.39, 0.29) is 17.6 Å². The zero-order valence-corrected chi connectivity index (χ0v) is 13.8. The molecular formula is C20H20N2O3. The number of rotatable bonds is 7. The maximum atomic E-state index is 11.9. The fourth-order valence-electron chi connectivity index (χ4n) is 2.58. The quantitative estimate of drug-likeness (QED) is 0.651. The molecule has 0 spiro atoms. The highest BCUT2D eigenvalue weighted by atomic mass is 16.3. The third-order valence-electron chi connectivity index (χ3n) is 3.91. The molecule has 5 nitrogen and oxygen atoms in total. The number of carbonyl (C=O) groups is 2. The van der Waals surface area contributed by atoms with Crippen LogP contribution >= 0.6 is 0 Å². The van der Waals surface area contributed by atoms with E-state index in [1.54, 1.807) is 12.1 Å². The van der Waals surface area contributed by atoms with Crippen LogP contribution in [0.1, 0.15) is 29.0 Å². The minimum atomic E-state index is -0.262. The van der Waals surface area contributed by atoms with Crippen molar-refractivity contribution in [3.05, 3.63) is 72.2 Å². The van der Waals surface area contributed by atoms with Crippen molar-refractivity contribution >= 4 is 22.6 Å². The maximum absolute atomic E-state index is 11.9. The number of hydrogen-bond acceptors (Lipinski definition) is 3. The Hall–Kier alpha value is -3.08. The first kappa shape index (κ1) is 16.8. The first-order valence-corrected chi connectivity index (χ1v) is 8.28. The van der Waals surface area contributed by atoms with Crippen LogP contribution in [0.25, 0.3) is 10.8 Å². The number of nitrogens with one attached hydrogen (secondary N) is 2. The third-order valence-corrected chi connectivity index (χ3v) is 3.91. The fraction of sp³-hybridized carbons (Fsp3) is 0.200. The second kappa shape index (κ2) is 8.15. The molecule has 1 heterocycles. The van der Waals surface area contributed by atoms with Crippen molar-refractivity contribution in [1.82, 2.24) is 10.6 Å². The Bertz CT molecular complexity index is 856. The Morgan fingerprint density at radius 2 is 1.76 bits per heavy atom. The molecule has 0 aliphatic heterocycles. The number of carbonyl (C=O) groups excluding carboxylic acids is 2. The Morgan fingerprint density at radius 3 is 2.56 bits per heavy atom. The second-order valence-electron chi connectivity index (χ2n) is 5.79. The molecule has 0 aliphatic carbocycles. The van der Waals surface area contributed by atoms with E-state index in [0.717, 1.165) is 10.9 Å². The van der Waals surface area contributed by atoms with Crippen molar-refractivity contribution in [2.75, 3.05) is 6.54 Å². The van der Waals surface area contributed by atoms with E-state index in [4.69, 9.17) is 4.42 Å². The van der Waals surface area contributed by atoms with E-state index in [9.17, 15) is 9.59 Å². The van der Waals surface area contributed by atoms with Gasteiger partial charge in [-0.25, -0.2) is 0 Å². The lowest BCUT2D eigenvalue weighted by molar-refractivity contribution is -0.121. The van der Waals surface area contributed by atoms with Crippen LogP contribution in [0.3, 0.4) is 0 Å². The molecule has 128 valence electrons. The number of hydrogen-bond donors (Lipinski definition) is 2. The highest BCUT2D eigenvalue weighted by molar-refractivity contribution is 5.91. The molecule has 25 heavy (non-hydrogen) atoms. The molecule has 2 amide bonds. The second-order valence-corrected chi connectivity index (χ2v) is 5.79. The average molecular weight is 336 g/mol. The normalized spacial score (nSPS) is 10.6. The number of benzene rings is 2. The molecule has 0 radical (unpaired) electrons. The first-order valence-electron chi connectivity index (χ1n) is 8.28. The molecule has 2 aromatic carbocycles. The van der Waals surface area contributed by atoms with Gasteiger partial charge in [0.15, 0.2) is 5.76 Å². The van der Waals surface area contributed by atoms with Crippen molar-refractivity contribution in [3.63, 3.8) is 0 Å². The summed E-state index contributed by atoms with van der Waals surface area (Å²) in [5, 5.41) is 7.98. The Labute approximate surface area is 146 Å². The molecule has 0 bridgehead atoms. The molecule has 0 aliphatic rings. The van der Waals surface area contributed by atoms with Gasteiger partial charge in [-0.1, -0.05) is 36.4 Å². The Morgan fingerprint density at radius 1 is 0.920 bits per heavy atom. The summed E-state index contributed by atoms with van der Waals surface area (Å²) in [6.45, 7) is 0.936. The zero-order chi connectivity index (χ0) is 17.5. The monoisotopic (exact) mass is 336 g/mol. The van der Waals surface area contributed by atoms with Gasteiger partial charge in [0, 0.05) is 19.5 Å². The molecule has 3 rings (SSSR count). The Balaban J connectivity index is 1.38. The number of furan rings is 1. The highest BCUT2D eigenvalue weighted by Gasteiger charge is 2.07. The van der Waals surface area contributed by atoms with Gasteiger partial charge in [0.2, 0.25) is 5.91 Å². The SMILES string of the molecule is O=C(CCCNC(=O)c1ccco1)NCc1ccc2ccccc2c1. The van der Waals surface area contributed by atoms with Gasteiger partial charge in [0.1, 0.15) is 0 Å². The summed E-state index contributed by atoms with van der Waals surface area (Å²) < 4.78 is 5.00. The fourth-order valence-corrected chi connectivity index (χ4v) is 2.58. The van der Waals surface area contributed by atoms with Crippen LogP contribution in [0.2, 0.25) is 0 Å². The van der Waals surface area contributed by atoms with Gasteiger partial charge in [-0.15, -0.1) is 0 Å². The van der Waals surface area contributed by atoms with E-state index >= 15 is 0 Å². The average Bonchev–Trinajstić information content (AvgIpc) is 3.18. The van der Waals surface area contributed by atoms with Gasteiger partial charge < -0.3 is 15.1 Å². The van der Waals surface area contributed by atoms with Crippen molar-refractivity contribution in [1.29, 1.82) is 0 Å². The lowest BCUT2D eigenvalue weighted by Gasteiger charge is -2.07. The van der Waals surface area contributed by atoms with Gasteiger partial charge in [-0.3, -0.25) is 9.59 Å². The summed E-state index contributed by atoms with van der Waals surface area (Å²) in [7, 11) is 0. The summed E-state index contributed by atoms with van der Waals surface area (Å²) in [5.41, 5.74) is 1.07. The summed E-state index contributed by atoms with van der Waals surface area (Å²) >= 11 is 0. The zero-order valence-electron chi connectivity index (χ0n) is 13.8. The lowest BCUT2D eigenvalue weighted by Crippen LogP contribution is -2.27. The molecule has 2 N–H and O–H groups in total. The molecule has 5 heteroatoms. The maximum Gasteiger partial charge on any atom is 0.286 e. The van der Waals surface area contributed by atoms with Crippen LogP contribution in [0, 0.1) is 0 Å². The van der Waals surface area contributed by atoms with Crippen LogP contribution in [0.15, 0.2) is 65.3 Å². The van der Waals surface area contributed by atoms with E-state index < -0.39 is 0 Å². The molecule has 0 atom stereocenters. The van der Waals surface area contributed by atoms with Crippen LogP contribution in [-0.2, 0) is 11.3 Å². The van der Waals surface area contributed by atoms with Crippen molar-refractivity contribution in [2.45, 2.75) is 19.4 Å². The Kier molecular flexibility index (Phi) is 5.46. The first-order chi connectivity index (χ1) is 12.2. The smallest absolute Gasteiger partial charge is 0.286 e. The van der Waals surface area contributed by atoms with Gasteiger partial charge in [0.25, 0.3) is 5.91 Å².